The van der Waals surface area contributed by atoms with Gasteiger partial charge in [-0.15, -0.1) is 0 Å². The van der Waals surface area contributed by atoms with Gasteiger partial charge in [0.15, 0.2) is 0 Å². The van der Waals surface area contributed by atoms with Crippen molar-refractivity contribution in [2.75, 3.05) is 45.8 Å². The zero-order valence-corrected chi connectivity index (χ0v) is 48.7. The molecule has 91 heavy (non-hydrogen) atoms. The molecule has 11 nitrogen and oxygen atoms in total. The van der Waals surface area contributed by atoms with Crippen LogP contribution >= 0.6 is 0 Å². The molecule has 28 aromatic carbocycles. The maximum Gasteiger partial charge on any atom is 0.325 e. The van der Waals surface area contributed by atoms with E-state index in [1.54, 1.807) is 334 Å². The summed E-state index contributed by atoms with van der Waals surface area (Å²) in [6.45, 7) is 7.31. The van der Waals surface area contributed by atoms with Crippen LogP contribution in [0.15, 0.2) is 0 Å². The molecule has 0 unspecified atom stereocenters. The summed E-state index contributed by atoms with van der Waals surface area (Å²) in [5.41, 5.74) is 5.40. The molecule has 0 atom stereocenters. The number of amides is 4. The topological polar surface area (TPSA) is 146 Å². The van der Waals surface area contributed by atoms with Crippen LogP contribution in [0, 0.1) is 0 Å². The third-order valence-electron chi connectivity index (χ3n) is 28.1. The van der Waals surface area contributed by atoms with E-state index < -0.39 is 23.4 Å². The minimum Gasteiger partial charge on any atom is -0.459 e. The highest BCUT2D eigenvalue weighted by Crippen LogP contribution is 2.85. The van der Waals surface area contributed by atoms with Gasteiger partial charge < -0.3 is 30.9 Å². The Kier molecular flexibility index (Phi) is 4.81. The van der Waals surface area contributed by atoms with Crippen molar-refractivity contribution in [1.29, 1.82) is 0 Å². The fourth-order valence-corrected chi connectivity index (χ4v) is 27.2. The Morgan fingerprint density at radius 1 is 0.308 bits per heavy atom. The van der Waals surface area contributed by atoms with Crippen molar-refractivity contribution in [3.8, 4) is 0 Å². The van der Waals surface area contributed by atoms with Crippen molar-refractivity contribution in [2.45, 2.75) is 62.9 Å². The summed E-state index contributed by atoms with van der Waals surface area (Å²) in [7, 11) is 0. The van der Waals surface area contributed by atoms with Gasteiger partial charge in [0.05, 0.1) is 23.9 Å². The Labute approximate surface area is 503 Å². The number of hydrogen-bond donors (Lipinski definition) is 4. The molecular formula is C80H35N5O6. The predicted molar refractivity (Wildman–Crippen MR) is 367 cm³/mol. The van der Waals surface area contributed by atoms with Gasteiger partial charge in [0.2, 0.25) is 23.6 Å². The molecule has 11 heteroatoms. The van der Waals surface area contributed by atoms with E-state index >= 15 is 0 Å². The van der Waals surface area contributed by atoms with Crippen LogP contribution in [0.1, 0.15) is 68.7 Å². The molecule has 0 saturated carbocycles. The predicted octanol–water partition coefficient (Wildman–Crippen LogP) is 15.0. The van der Waals surface area contributed by atoms with Crippen molar-refractivity contribution < 1.29 is 28.7 Å². The number of carbonyl (C=O) groups is 5. The van der Waals surface area contributed by atoms with Crippen molar-refractivity contribution in [1.82, 2.24) is 26.2 Å². The second-order valence-electron chi connectivity index (χ2n) is 31.7. The number of benzene rings is 18. The molecule has 1 saturated heterocycles. The van der Waals surface area contributed by atoms with Gasteiger partial charge in [0.25, 0.3) is 0 Å². The van der Waals surface area contributed by atoms with E-state index in [9.17, 15) is 24.0 Å². The minimum absolute atomic E-state index is 0.00468. The lowest BCUT2D eigenvalue weighted by molar-refractivity contribution is -0.154. The second kappa shape index (κ2) is 10.6. The number of hydrogen-bond acceptors (Lipinski definition) is 7. The largest absolute Gasteiger partial charge is 0.459 e. The first-order valence-electron chi connectivity index (χ1n) is 33.3. The van der Waals surface area contributed by atoms with Crippen molar-refractivity contribution in [2.24, 2.45) is 0 Å². The molecule has 28 aromatic rings. The lowest BCUT2D eigenvalue weighted by Gasteiger charge is -2.49. The standard InChI is InChI=1S/C80H35N5O6/c1-78(2,3)91-19(90)12-84-18(89)11-83-17(88)10-82-16(87)6-4-8-81-15(86)7-5-9-85-13-79-74-66-58-48-38-30-22-20-21-24-28-26(22)34-42-36(28)46-40-32(24)33-25(21)29-27-23(20)31(30)39-45-35(27)43-37(29)47-41(33)51-50(40)60-54(46)64-56(42)62(52(58)44(34)38)70(74)72(64)76-68(60)69-61(51)55(47)65-57(43)63-53(45)59(49(39)48)67(66)75(79)71(63)73(65)77(69)80(76,79)14-85/h4-14H2,1-3H3,(H,81,86)(H,82,87)(H,83,88)(H,84,89). The second-order valence-corrected chi connectivity index (χ2v) is 31.7. The monoisotopic (exact) mass is 1160 g/mol. The highest BCUT2D eigenvalue weighted by Gasteiger charge is 2.72. The van der Waals surface area contributed by atoms with E-state index in [4.69, 9.17) is 4.74 Å². The number of likely N-dealkylation sites (tertiary alicyclic amines) is 1. The first-order chi connectivity index (χ1) is 44.5. The highest BCUT2D eigenvalue weighted by molar-refractivity contribution is 6.82. The summed E-state index contributed by atoms with van der Waals surface area (Å²) >= 11 is 0. The summed E-state index contributed by atoms with van der Waals surface area (Å²) in [6.07, 6.45) is 1.69. The molecule has 4 aliphatic carbocycles. The molecule has 4 amide bonds. The van der Waals surface area contributed by atoms with Gasteiger partial charge in [0.1, 0.15) is 12.1 Å². The van der Waals surface area contributed by atoms with Crippen LogP contribution in [0.4, 0.5) is 0 Å². The first-order valence-corrected chi connectivity index (χ1v) is 33.3. The first kappa shape index (κ1) is 41.1. The van der Waals surface area contributed by atoms with Gasteiger partial charge >= 0.3 is 5.97 Å². The molecule has 4 N–H and O–H groups in total. The van der Waals surface area contributed by atoms with Crippen LogP contribution in [0.25, 0.3) is 291 Å². The van der Waals surface area contributed by atoms with Gasteiger partial charge in [0, 0.05) is 32.5 Å². The zero-order chi connectivity index (χ0) is 57.8. The molecular weight excluding hydrogens is 1130 g/mol. The summed E-state index contributed by atoms with van der Waals surface area (Å²) in [5.74, 6) is -1.96. The van der Waals surface area contributed by atoms with E-state index in [1.807, 2.05) is 0 Å². The van der Waals surface area contributed by atoms with E-state index in [0.717, 1.165) is 26.1 Å². The van der Waals surface area contributed by atoms with Crippen LogP contribution in [-0.4, -0.2) is 85.9 Å². The number of carbonyl (C=O) groups excluding carboxylic acids is 5. The fourth-order valence-electron chi connectivity index (χ4n) is 27.2. The van der Waals surface area contributed by atoms with E-state index in [2.05, 4.69) is 26.2 Å². The summed E-state index contributed by atoms with van der Waals surface area (Å²) in [4.78, 5) is 66.4. The van der Waals surface area contributed by atoms with Crippen LogP contribution < -0.4 is 21.3 Å². The molecule has 1 fully saturated rings. The Morgan fingerprint density at radius 3 is 0.791 bits per heavy atom. The van der Waals surface area contributed by atoms with E-state index in [1.165, 1.54) is 0 Å². The third-order valence-corrected chi connectivity index (χ3v) is 28.1. The van der Waals surface area contributed by atoms with Crippen LogP contribution in [0.3, 0.4) is 0 Å². The smallest absolute Gasteiger partial charge is 0.325 e. The summed E-state index contributed by atoms with van der Waals surface area (Å²) < 4.78 is 5.21. The Hall–Kier alpha value is -10.2. The van der Waals surface area contributed by atoms with E-state index in [0.29, 0.717) is 19.4 Å². The average molecular weight is 1160 g/mol. The zero-order valence-electron chi connectivity index (χ0n) is 48.7. The Morgan fingerprint density at radius 2 is 0.527 bits per heavy atom. The molecule has 0 bridgehead atoms. The van der Waals surface area contributed by atoms with Crippen LogP contribution in [0.5, 0.6) is 0 Å². The minimum atomic E-state index is -0.678. The Bertz CT molecular complexity index is 7430. The highest BCUT2D eigenvalue weighted by atomic mass is 16.6. The summed E-state index contributed by atoms with van der Waals surface area (Å²) in [6, 6.07) is 0. The fraction of sp³-hybridized carbons (Fsp3) is 0.212. The lowest BCUT2D eigenvalue weighted by Crippen LogP contribution is -2.51. The van der Waals surface area contributed by atoms with Gasteiger partial charge in [-0.3, -0.25) is 24.0 Å². The number of esters is 1. The number of ether oxygens (including phenoxy) is 1. The van der Waals surface area contributed by atoms with Crippen LogP contribution in [-0.2, 0) is 39.5 Å². The molecule has 33 rings (SSSR count). The molecule has 0 aromatic heterocycles. The molecule has 2 spiro atoms. The number of nitrogens with zero attached hydrogens (tertiary/aromatic N) is 1. The summed E-state index contributed by atoms with van der Waals surface area (Å²) in [5, 5.41) is 97.6. The number of rotatable bonds is 14. The molecule has 1 heterocycles. The van der Waals surface area contributed by atoms with Gasteiger partial charge in [-0.05, 0) is 353 Å². The van der Waals surface area contributed by atoms with Gasteiger partial charge in [-0.25, -0.2) is 0 Å². The lowest BCUT2D eigenvalue weighted by atomic mass is 9.50. The molecule has 416 valence electrons. The van der Waals surface area contributed by atoms with E-state index in [-0.39, 0.29) is 48.7 Å². The van der Waals surface area contributed by atoms with Crippen molar-refractivity contribution in [3.05, 3.63) is 22.3 Å². The average Bonchev–Trinajstić information content (AvgIpc) is 1.38. The SMILES string of the molecule is CC(C)(C)OC(=O)CNC(=O)CNC(=O)CNC(=O)CCCNC(=O)CCCN1CC23c4c5c6c7c8c9c(c%10c%11c2c2c4c4c%12c5c5c6c6c8c8c%13c9c9c%10c%10c%11c%11c2c2c4c4c%12c%12c5c5c6c8c6c8c%13c9c9c%10c%10c%11c2c2c4c4c%12c5c6c5c8c9c%10c2c45)C73C1. The van der Waals surface area contributed by atoms with Crippen LogP contribution in [0.2, 0.25) is 0 Å². The maximum absolute atomic E-state index is 14.0. The molecule has 5 aliphatic rings. The van der Waals surface area contributed by atoms with Gasteiger partial charge in [-0.2, -0.15) is 0 Å². The van der Waals surface area contributed by atoms with Crippen molar-refractivity contribution >= 4 is 320 Å². The maximum atomic E-state index is 14.0. The quantitative estimate of drug-likeness (QED) is 0.0482. The van der Waals surface area contributed by atoms with Crippen molar-refractivity contribution in [3.63, 3.8) is 0 Å². The molecule has 0 radical (unpaired) electrons. The third kappa shape index (κ3) is 2.93. The Balaban J connectivity index is 0.607. The number of nitrogens with one attached hydrogen (secondary N) is 4. The molecule has 1 aliphatic heterocycles. The van der Waals surface area contributed by atoms with Gasteiger partial charge in [-0.1, -0.05) is 0 Å². The normalized spacial score (nSPS) is 20.2.